The number of esters is 1. The van der Waals surface area contributed by atoms with Gasteiger partial charge < -0.3 is 4.74 Å². The topological polar surface area (TPSA) is 26.3 Å². The number of halogens is 2. The minimum atomic E-state index is -0.272. The van der Waals surface area contributed by atoms with Crippen LogP contribution in [0.3, 0.4) is 0 Å². The zero-order valence-electron chi connectivity index (χ0n) is 11.6. The summed E-state index contributed by atoms with van der Waals surface area (Å²) in [5.41, 5.74) is 2.74. The summed E-state index contributed by atoms with van der Waals surface area (Å²) in [6, 6.07) is 15.8. The van der Waals surface area contributed by atoms with Gasteiger partial charge in [-0.15, -0.1) is 0 Å². The van der Waals surface area contributed by atoms with Crippen LogP contribution in [0.5, 0.6) is 0 Å². The maximum atomic E-state index is 12.0. The molecule has 0 radical (unpaired) electrons. The summed E-state index contributed by atoms with van der Waals surface area (Å²) in [5, 5.41) is 0. The maximum Gasteiger partial charge on any atom is 0.339 e. The second-order valence-corrected chi connectivity index (χ2v) is 6.79. The minimum absolute atomic E-state index is 0.272. The van der Waals surface area contributed by atoms with Crippen LogP contribution < -0.4 is 0 Å². The summed E-state index contributed by atoms with van der Waals surface area (Å²) < 4.78 is 7.35. The predicted octanol–water partition coefficient (Wildman–Crippen LogP) is 5.28. The molecule has 0 aromatic heterocycles. The largest absolute Gasteiger partial charge is 0.423 e. The highest BCUT2D eigenvalue weighted by molar-refractivity contribution is 9.10. The summed E-state index contributed by atoms with van der Waals surface area (Å²) in [5.74, 6) is 0.311. The van der Waals surface area contributed by atoms with E-state index in [1.165, 1.54) is 0 Å². The van der Waals surface area contributed by atoms with Crippen LogP contribution in [-0.2, 0) is 16.0 Å². The number of carbonyl (C=O) groups is 1. The molecular weight excluding hydrogens is 408 g/mol. The van der Waals surface area contributed by atoms with Gasteiger partial charge in [-0.1, -0.05) is 56.1 Å². The van der Waals surface area contributed by atoms with E-state index in [1.54, 1.807) is 0 Å². The van der Waals surface area contributed by atoms with Crippen LogP contribution in [0.15, 0.2) is 74.9 Å². The second-order valence-electron chi connectivity index (χ2n) is 4.96. The monoisotopic (exact) mass is 418 g/mol. The molecule has 0 unspecified atom stereocenters. The highest BCUT2D eigenvalue weighted by Gasteiger charge is 2.21. The predicted molar refractivity (Wildman–Crippen MR) is 94.1 cm³/mol. The number of allylic oxidation sites excluding steroid dienone is 1. The molecule has 1 heterocycles. The summed E-state index contributed by atoms with van der Waals surface area (Å²) in [6.45, 7) is 0. The van der Waals surface area contributed by atoms with E-state index in [0.29, 0.717) is 17.8 Å². The van der Waals surface area contributed by atoms with E-state index in [4.69, 9.17) is 4.74 Å². The molecule has 0 saturated carbocycles. The average molecular weight is 420 g/mol. The van der Waals surface area contributed by atoms with Gasteiger partial charge in [0.1, 0.15) is 5.76 Å². The molecule has 1 aliphatic heterocycles. The molecule has 0 atom stereocenters. The van der Waals surface area contributed by atoms with Gasteiger partial charge in [0.05, 0.1) is 0 Å². The van der Waals surface area contributed by atoms with Crippen molar-refractivity contribution in [2.45, 2.75) is 6.42 Å². The summed E-state index contributed by atoms with van der Waals surface area (Å²) in [4.78, 5) is 12.0. The van der Waals surface area contributed by atoms with Crippen LogP contribution >= 0.6 is 31.9 Å². The smallest absolute Gasteiger partial charge is 0.339 e. The average Bonchev–Trinajstić information content (AvgIpc) is 2.84. The highest BCUT2D eigenvalue weighted by atomic mass is 79.9. The Hall–Kier alpha value is -1.65. The van der Waals surface area contributed by atoms with Crippen molar-refractivity contribution < 1.29 is 9.53 Å². The lowest BCUT2D eigenvalue weighted by Crippen LogP contribution is -2.01. The molecule has 0 bridgehead atoms. The molecule has 0 aliphatic carbocycles. The minimum Gasteiger partial charge on any atom is -0.423 e. The van der Waals surface area contributed by atoms with E-state index in [-0.39, 0.29) is 5.97 Å². The van der Waals surface area contributed by atoms with Crippen molar-refractivity contribution in [1.82, 2.24) is 0 Å². The fourth-order valence-electron chi connectivity index (χ4n) is 2.17. The van der Waals surface area contributed by atoms with E-state index in [1.807, 2.05) is 60.7 Å². The quantitative estimate of drug-likeness (QED) is 0.632. The van der Waals surface area contributed by atoms with Gasteiger partial charge in [-0.05, 0) is 47.5 Å². The number of benzene rings is 2. The van der Waals surface area contributed by atoms with Crippen molar-refractivity contribution in [3.63, 3.8) is 0 Å². The van der Waals surface area contributed by atoms with Crippen molar-refractivity contribution in [2.75, 3.05) is 0 Å². The van der Waals surface area contributed by atoms with Gasteiger partial charge in [-0.3, -0.25) is 0 Å². The Morgan fingerprint density at radius 2 is 1.50 bits per heavy atom. The van der Waals surface area contributed by atoms with E-state index in [0.717, 1.165) is 20.1 Å². The molecular formula is C18H12Br2O2. The first-order chi connectivity index (χ1) is 10.6. The molecule has 2 aromatic carbocycles. The third-order valence-corrected chi connectivity index (χ3v) is 4.33. The molecule has 3 rings (SSSR count). The Kier molecular flexibility index (Phi) is 4.60. The third-order valence-electron chi connectivity index (χ3n) is 3.28. The van der Waals surface area contributed by atoms with Gasteiger partial charge >= 0.3 is 5.97 Å². The van der Waals surface area contributed by atoms with Crippen LogP contribution in [0.2, 0.25) is 0 Å². The molecule has 0 fully saturated rings. The Bertz CT molecular complexity index is 757. The molecule has 0 saturated heterocycles. The van der Waals surface area contributed by atoms with Gasteiger partial charge in [0.15, 0.2) is 0 Å². The Morgan fingerprint density at radius 1 is 0.909 bits per heavy atom. The van der Waals surface area contributed by atoms with Crippen LogP contribution in [0.4, 0.5) is 0 Å². The van der Waals surface area contributed by atoms with Crippen molar-refractivity contribution >= 4 is 43.9 Å². The van der Waals surface area contributed by atoms with E-state index < -0.39 is 0 Å². The van der Waals surface area contributed by atoms with Crippen molar-refractivity contribution in [2.24, 2.45) is 0 Å². The van der Waals surface area contributed by atoms with Crippen molar-refractivity contribution in [1.29, 1.82) is 0 Å². The molecule has 2 aromatic rings. The number of hydrogen-bond acceptors (Lipinski definition) is 2. The fourth-order valence-corrected chi connectivity index (χ4v) is 2.70. The summed E-state index contributed by atoms with van der Waals surface area (Å²) in [6.07, 6.45) is 4.25. The zero-order chi connectivity index (χ0) is 15.5. The normalized spacial score (nSPS) is 15.8. The number of hydrogen-bond donors (Lipinski definition) is 0. The lowest BCUT2D eigenvalue weighted by atomic mass is 10.1. The maximum absolute atomic E-state index is 12.0. The first-order valence-corrected chi connectivity index (χ1v) is 8.33. The first kappa shape index (κ1) is 15.3. The molecule has 0 N–H and O–H groups in total. The van der Waals surface area contributed by atoms with Gasteiger partial charge in [-0.2, -0.15) is 0 Å². The Morgan fingerprint density at radius 3 is 2.14 bits per heavy atom. The number of cyclic esters (lactones) is 1. The third kappa shape index (κ3) is 3.76. The standard InChI is InChI=1S/C18H12Br2O2/c19-15-5-1-12(2-6-15)9-14-11-17(22-18(14)21)10-13-3-7-16(20)8-4-13/h1-8,10-11H,9H2/b17-10-. The van der Waals surface area contributed by atoms with E-state index in [2.05, 4.69) is 31.9 Å². The molecule has 1 aliphatic rings. The molecule has 2 nitrogen and oxygen atoms in total. The number of ether oxygens (including phenoxy) is 1. The molecule has 4 heteroatoms. The fraction of sp³-hybridized carbons (Fsp3) is 0.0556. The first-order valence-electron chi connectivity index (χ1n) is 6.74. The van der Waals surface area contributed by atoms with Crippen LogP contribution in [0, 0.1) is 0 Å². The molecule has 22 heavy (non-hydrogen) atoms. The lowest BCUT2D eigenvalue weighted by Gasteiger charge is -2.00. The van der Waals surface area contributed by atoms with Gasteiger partial charge in [0.2, 0.25) is 0 Å². The molecule has 0 amide bonds. The molecule has 110 valence electrons. The van der Waals surface area contributed by atoms with E-state index in [9.17, 15) is 4.79 Å². The van der Waals surface area contributed by atoms with Crippen LogP contribution in [0.25, 0.3) is 6.08 Å². The van der Waals surface area contributed by atoms with Crippen molar-refractivity contribution in [3.05, 3.63) is 86.0 Å². The highest BCUT2D eigenvalue weighted by Crippen LogP contribution is 2.24. The van der Waals surface area contributed by atoms with Gasteiger partial charge in [-0.25, -0.2) is 4.79 Å². The molecule has 0 spiro atoms. The summed E-state index contributed by atoms with van der Waals surface area (Å²) in [7, 11) is 0. The van der Waals surface area contributed by atoms with Gasteiger partial charge in [0.25, 0.3) is 0 Å². The number of carbonyl (C=O) groups excluding carboxylic acids is 1. The Balaban J connectivity index is 1.79. The zero-order valence-corrected chi connectivity index (χ0v) is 14.7. The second kappa shape index (κ2) is 6.63. The SMILES string of the molecule is O=C1O/C(=C\c2ccc(Br)cc2)C=C1Cc1ccc(Br)cc1. The lowest BCUT2D eigenvalue weighted by molar-refractivity contribution is -0.133. The van der Waals surface area contributed by atoms with Crippen LogP contribution in [-0.4, -0.2) is 5.97 Å². The summed E-state index contributed by atoms with van der Waals surface area (Å²) >= 11 is 6.80. The van der Waals surface area contributed by atoms with Crippen molar-refractivity contribution in [3.8, 4) is 0 Å². The number of rotatable bonds is 3. The van der Waals surface area contributed by atoms with E-state index >= 15 is 0 Å². The Labute approximate surface area is 145 Å². The van der Waals surface area contributed by atoms with Crippen LogP contribution in [0.1, 0.15) is 11.1 Å². The van der Waals surface area contributed by atoms with Gasteiger partial charge in [0, 0.05) is 20.9 Å².